The van der Waals surface area contributed by atoms with E-state index in [0.29, 0.717) is 5.46 Å². The van der Waals surface area contributed by atoms with E-state index >= 15 is 0 Å². The number of halogens is 1. The fourth-order valence-corrected chi connectivity index (χ4v) is 3.58. The van der Waals surface area contributed by atoms with Crippen molar-refractivity contribution in [1.29, 1.82) is 0 Å². The van der Waals surface area contributed by atoms with E-state index in [1.165, 1.54) is 14.2 Å². The average Bonchev–Trinajstić information content (AvgIpc) is 3.38. The molecule has 2 N–H and O–H groups in total. The van der Waals surface area contributed by atoms with E-state index in [0.717, 1.165) is 0 Å². The predicted molar refractivity (Wildman–Crippen MR) is 125 cm³/mol. The van der Waals surface area contributed by atoms with Crippen LogP contribution >= 0.6 is 38.6 Å². The van der Waals surface area contributed by atoms with Gasteiger partial charge in [-0.15, -0.1) is 22.7 Å². The highest BCUT2D eigenvalue weighted by molar-refractivity contribution is 9.11. The van der Waals surface area contributed by atoms with E-state index in [1.807, 2.05) is 29.6 Å². The Bertz CT molecular complexity index is 821. The summed E-state index contributed by atoms with van der Waals surface area (Å²) in [6.45, 7) is 0. The molecule has 2 aromatic carbocycles. The Morgan fingerprint density at radius 2 is 1.22 bits per heavy atom. The third-order valence-electron chi connectivity index (χ3n) is 3.16. The molecule has 2 aromatic heterocycles. The molecule has 0 spiro atoms. The molecule has 0 aliphatic heterocycles. The SMILES string of the molecule is Brc1cccs1.C.OB(O)c1ccccc1.c1ccc(-c2cccs2)cc1. The lowest BCUT2D eigenvalue weighted by atomic mass is 9.81. The molecule has 0 aliphatic rings. The summed E-state index contributed by atoms with van der Waals surface area (Å²) >= 11 is 6.77. The van der Waals surface area contributed by atoms with Crippen LogP contribution in [-0.2, 0) is 0 Å². The highest BCUT2D eigenvalue weighted by Crippen LogP contribution is 2.23. The van der Waals surface area contributed by atoms with Crippen molar-refractivity contribution in [2.75, 3.05) is 0 Å². The second-order valence-corrected chi connectivity index (χ2v) is 8.32. The fourth-order valence-electron chi connectivity index (χ4n) is 1.93. The molecular weight excluding hydrogens is 439 g/mol. The molecular formula is C21H22BBrO2S2. The molecule has 0 saturated heterocycles. The topological polar surface area (TPSA) is 40.5 Å². The first-order chi connectivity index (χ1) is 12.7. The number of benzene rings is 2. The summed E-state index contributed by atoms with van der Waals surface area (Å²) in [7, 11) is -1.34. The zero-order valence-electron chi connectivity index (χ0n) is 13.9. The van der Waals surface area contributed by atoms with Crippen LogP contribution in [0.15, 0.2) is 99.5 Å². The lowest BCUT2D eigenvalue weighted by molar-refractivity contribution is 0.426. The summed E-state index contributed by atoms with van der Waals surface area (Å²) in [6.07, 6.45) is 0. The van der Waals surface area contributed by atoms with E-state index in [-0.39, 0.29) is 7.43 Å². The average molecular weight is 461 g/mol. The van der Waals surface area contributed by atoms with Crippen molar-refractivity contribution >= 4 is 51.2 Å². The smallest absolute Gasteiger partial charge is 0.423 e. The molecule has 0 atom stereocenters. The van der Waals surface area contributed by atoms with Crippen molar-refractivity contribution in [2.24, 2.45) is 0 Å². The molecule has 0 unspecified atom stereocenters. The Morgan fingerprint density at radius 3 is 1.59 bits per heavy atom. The molecule has 0 aliphatic carbocycles. The van der Waals surface area contributed by atoms with Gasteiger partial charge in [0, 0.05) is 4.88 Å². The highest BCUT2D eigenvalue weighted by Gasteiger charge is 2.07. The van der Waals surface area contributed by atoms with Crippen LogP contribution in [0.1, 0.15) is 7.43 Å². The van der Waals surface area contributed by atoms with E-state index in [9.17, 15) is 0 Å². The monoisotopic (exact) mass is 460 g/mol. The van der Waals surface area contributed by atoms with Crippen molar-refractivity contribution in [3.63, 3.8) is 0 Å². The Morgan fingerprint density at radius 1 is 0.667 bits per heavy atom. The van der Waals surface area contributed by atoms with Gasteiger partial charge in [0.05, 0.1) is 3.79 Å². The molecule has 2 heterocycles. The fraction of sp³-hybridized carbons (Fsp3) is 0.0476. The van der Waals surface area contributed by atoms with Crippen LogP contribution in [0.5, 0.6) is 0 Å². The van der Waals surface area contributed by atoms with Gasteiger partial charge in [-0.25, -0.2) is 0 Å². The minimum Gasteiger partial charge on any atom is -0.423 e. The molecule has 0 bridgehead atoms. The van der Waals surface area contributed by atoms with Crippen molar-refractivity contribution in [2.45, 2.75) is 7.43 Å². The van der Waals surface area contributed by atoms with Crippen molar-refractivity contribution in [1.82, 2.24) is 0 Å². The molecule has 0 amide bonds. The number of hydrogen-bond donors (Lipinski definition) is 2. The van der Waals surface area contributed by atoms with E-state index in [4.69, 9.17) is 10.0 Å². The molecule has 6 heteroatoms. The van der Waals surface area contributed by atoms with Crippen LogP contribution in [0, 0.1) is 0 Å². The van der Waals surface area contributed by atoms with Gasteiger partial charge in [-0.2, -0.15) is 0 Å². The number of rotatable bonds is 2. The Balaban J connectivity index is 0.000000207. The first-order valence-electron chi connectivity index (χ1n) is 7.86. The Labute approximate surface area is 178 Å². The standard InChI is InChI=1S/C10H8S.C6H7BO2.C4H3BrS.CH4/c1-2-5-9(6-3-1)10-7-4-8-11-10;8-7(9)6-4-2-1-3-5-6;5-4-2-1-3-6-4;/h1-8H;1-5,8-9H;1-3H;1H4. The molecule has 0 fully saturated rings. The summed E-state index contributed by atoms with van der Waals surface area (Å²) in [6, 6.07) is 27.3. The van der Waals surface area contributed by atoms with Gasteiger partial charge >= 0.3 is 7.12 Å². The van der Waals surface area contributed by atoms with Gasteiger partial charge in [0.25, 0.3) is 0 Å². The minimum atomic E-state index is -1.34. The molecule has 4 rings (SSSR count). The number of hydrogen-bond acceptors (Lipinski definition) is 4. The van der Waals surface area contributed by atoms with Crippen LogP contribution in [0.3, 0.4) is 0 Å². The highest BCUT2D eigenvalue weighted by atomic mass is 79.9. The largest absolute Gasteiger partial charge is 0.488 e. The summed E-state index contributed by atoms with van der Waals surface area (Å²) in [5, 5.41) is 21.3. The molecule has 140 valence electrons. The van der Waals surface area contributed by atoms with Crippen molar-refractivity contribution in [3.8, 4) is 10.4 Å². The molecule has 0 saturated carbocycles. The second-order valence-electron chi connectivity index (χ2n) is 5.04. The van der Waals surface area contributed by atoms with E-state index in [1.54, 1.807) is 46.9 Å². The maximum absolute atomic E-state index is 8.58. The number of thiophene rings is 2. The van der Waals surface area contributed by atoms with Gasteiger partial charge in [-0.05, 0) is 49.8 Å². The molecule has 27 heavy (non-hydrogen) atoms. The first-order valence-corrected chi connectivity index (χ1v) is 10.4. The second kappa shape index (κ2) is 13.5. The lowest BCUT2D eigenvalue weighted by Crippen LogP contribution is -2.29. The zero-order chi connectivity index (χ0) is 18.6. The van der Waals surface area contributed by atoms with E-state index in [2.05, 4.69) is 57.7 Å². The van der Waals surface area contributed by atoms with Crippen LogP contribution < -0.4 is 5.46 Å². The van der Waals surface area contributed by atoms with Gasteiger partial charge in [0.2, 0.25) is 0 Å². The van der Waals surface area contributed by atoms with Crippen LogP contribution in [0.2, 0.25) is 0 Å². The van der Waals surface area contributed by atoms with Crippen LogP contribution in [0.25, 0.3) is 10.4 Å². The first kappa shape index (κ1) is 23.3. The minimum absolute atomic E-state index is 0. The Kier molecular flexibility index (Phi) is 11.6. The molecule has 4 aromatic rings. The maximum atomic E-state index is 8.58. The summed E-state index contributed by atoms with van der Waals surface area (Å²) in [5.74, 6) is 0. The summed E-state index contributed by atoms with van der Waals surface area (Å²) in [4.78, 5) is 1.34. The predicted octanol–water partition coefficient (Wildman–Crippen LogP) is 5.93. The third kappa shape index (κ3) is 9.17. The zero-order valence-corrected chi connectivity index (χ0v) is 17.1. The summed E-state index contributed by atoms with van der Waals surface area (Å²) in [5.41, 5.74) is 1.83. The third-order valence-corrected chi connectivity index (χ3v) is 5.56. The van der Waals surface area contributed by atoms with Gasteiger partial charge in [-0.3, -0.25) is 0 Å². The quantitative estimate of drug-likeness (QED) is 0.364. The Hall–Kier alpha value is -1.70. The van der Waals surface area contributed by atoms with Gasteiger partial charge < -0.3 is 10.0 Å². The van der Waals surface area contributed by atoms with Crippen LogP contribution in [0.4, 0.5) is 0 Å². The normalized spacial score (nSPS) is 9.00. The van der Waals surface area contributed by atoms with Crippen LogP contribution in [-0.4, -0.2) is 17.2 Å². The van der Waals surface area contributed by atoms with Crippen molar-refractivity contribution in [3.05, 3.63) is 99.5 Å². The summed E-state index contributed by atoms with van der Waals surface area (Å²) < 4.78 is 1.20. The maximum Gasteiger partial charge on any atom is 0.488 e. The van der Waals surface area contributed by atoms with Gasteiger partial charge in [0.15, 0.2) is 0 Å². The molecule has 2 nitrogen and oxygen atoms in total. The molecule has 0 radical (unpaired) electrons. The van der Waals surface area contributed by atoms with Crippen molar-refractivity contribution < 1.29 is 10.0 Å². The van der Waals surface area contributed by atoms with Gasteiger partial charge in [-0.1, -0.05) is 80.2 Å². The van der Waals surface area contributed by atoms with Gasteiger partial charge in [0.1, 0.15) is 0 Å². The van der Waals surface area contributed by atoms with E-state index < -0.39 is 7.12 Å². The lowest BCUT2D eigenvalue weighted by Gasteiger charge is -1.94.